The Morgan fingerprint density at radius 1 is 1.33 bits per heavy atom. The van der Waals surface area contributed by atoms with Crippen molar-refractivity contribution in [1.82, 2.24) is 9.80 Å². The van der Waals surface area contributed by atoms with E-state index >= 15 is 0 Å². The van der Waals surface area contributed by atoms with E-state index in [-0.39, 0.29) is 5.91 Å². The standard InChI is InChI=1S/C13H13ClN2OS/c1-3-16-12(17)11(15(2)13(16)18)8-9-4-6-10(14)7-5-9/h4-8H,3H2,1-2H3. The van der Waals surface area contributed by atoms with E-state index in [2.05, 4.69) is 0 Å². The number of carbonyl (C=O) groups is 1. The minimum Gasteiger partial charge on any atom is -0.317 e. The lowest BCUT2D eigenvalue weighted by atomic mass is 10.2. The normalized spacial score (nSPS) is 18.1. The summed E-state index contributed by atoms with van der Waals surface area (Å²) in [5.74, 6) is -0.0556. The number of rotatable bonds is 2. The third-order valence-corrected chi connectivity index (χ3v) is 3.58. The van der Waals surface area contributed by atoms with Crippen molar-refractivity contribution >= 4 is 40.9 Å². The Labute approximate surface area is 117 Å². The van der Waals surface area contributed by atoms with Crippen LogP contribution in [0.15, 0.2) is 30.0 Å². The maximum Gasteiger partial charge on any atom is 0.276 e. The second kappa shape index (κ2) is 5.08. The Kier molecular flexibility index (Phi) is 3.68. The first-order chi connectivity index (χ1) is 8.54. The lowest BCUT2D eigenvalue weighted by Gasteiger charge is -2.13. The summed E-state index contributed by atoms with van der Waals surface area (Å²) >= 11 is 11.0. The maximum absolute atomic E-state index is 12.1. The second-order valence-corrected chi connectivity index (χ2v) is 4.77. The van der Waals surface area contributed by atoms with Crippen molar-refractivity contribution in [2.75, 3.05) is 13.6 Å². The molecular weight excluding hydrogens is 268 g/mol. The predicted octanol–water partition coefficient (Wildman–Crippen LogP) is 2.76. The molecule has 0 aliphatic carbocycles. The van der Waals surface area contributed by atoms with E-state index in [9.17, 15) is 4.79 Å². The van der Waals surface area contributed by atoms with E-state index < -0.39 is 0 Å². The Bertz CT molecular complexity index is 524. The zero-order valence-electron chi connectivity index (χ0n) is 10.2. The fourth-order valence-electron chi connectivity index (χ4n) is 1.81. The first kappa shape index (κ1) is 13.1. The van der Waals surface area contributed by atoms with Gasteiger partial charge < -0.3 is 4.90 Å². The van der Waals surface area contributed by atoms with Gasteiger partial charge in [0, 0.05) is 18.6 Å². The summed E-state index contributed by atoms with van der Waals surface area (Å²) in [7, 11) is 1.80. The molecule has 94 valence electrons. The monoisotopic (exact) mass is 280 g/mol. The van der Waals surface area contributed by atoms with Gasteiger partial charge in [-0.05, 0) is 42.9 Å². The summed E-state index contributed by atoms with van der Waals surface area (Å²) in [5.41, 5.74) is 1.51. The highest BCUT2D eigenvalue weighted by molar-refractivity contribution is 7.80. The fourth-order valence-corrected chi connectivity index (χ4v) is 2.24. The average molecular weight is 281 g/mol. The second-order valence-electron chi connectivity index (χ2n) is 3.97. The molecule has 1 aromatic rings. The van der Waals surface area contributed by atoms with Crippen LogP contribution in [-0.2, 0) is 4.79 Å². The number of thiocarbonyl (C=S) groups is 1. The first-order valence-corrected chi connectivity index (χ1v) is 6.40. The molecule has 0 bridgehead atoms. The number of amides is 1. The molecule has 0 atom stereocenters. The van der Waals surface area contributed by atoms with Gasteiger partial charge in [-0.25, -0.2) is 0 Å². The van der Waals surface area contributed by atoms with E-state index in [1.807, 2.05) is 25.1 Å². The zero-order chi connectivity index (χ0) is 13.3. The Morgan fingerprint density at radius 2 is 1.94 bits per heavy atom. The zero-order valence-corrected chi connectivity index (χ0v) is 11.8. The minimum absolute atomic E-state index is 0.0556. The Morgan fingerprint density at radius 3 is 2.44 bits per heavy atom. The van der Waals surface area contributed by atoms with E-state index in [4.69, 9.17) is 23.8 Å². The van der Waals surface area contributed by atoms with E-state index in [1.165, 1.54) is 0 Å². The fraction of sp³-hybridized carbons (Fsp3) is 0.231. The van der Waals surface area contributed by atoms with Gasteiger partial charge >= 0.3 is 0 Å². The first-order valence-electron chi connectivity index (χ1n) is 5.61. The van der Waals surface area contributed by atoms with Gasteiger partial charge in [0.05, 0.1) is 0 Å². The molecule has 1 fully saturated rings. The van der Waals surface area contributed by atoms with Crippen LogP contribution in [0, 0.1) is 0 Å². The molecule has 1 saturated heterocycles. The SMILES string of the molecule is CCN1C(=O)C(=Cc2ccc(Cl)cc2)N(C)C1=S. The molecule has 0 N–H and O–H groups in total. The molecule has 5 heteroatoms. The molecular formula is C13H13ClN2OS. The van der Waals surface area contributed by atoms with Gasteiger partial charge in [0.15, 0.2) is 5.11 Å². The van der Waals surface area contributed by atoms with Crippen molar-refractivity contribution in [2.24, 2.45) is 0 Å². The lowest BCUT2D eigenvalue weighted by molar-refractivity contribution is -0.122. The number of likely N-dealkylation sites (N-methyl/N-ethyl adjacent to an activating group) is 2. The summed E-state index contributed by atoms with van der Waals surface area (Å²) in [5, 5.41) is 1.22. The van der Waals surface area contributed by atoms with Gasteiger partial charge in [0.2, 0.25) is 0 Å². The van der Waals surface area contributed by atoms with Crippen LogP contribution in [0.1, 0.15) is 12.5 Å². The molecule has 1 amide bonds. The Balaban J connectivity index is 2.36. The molecule has 0 aromatic heterocycles. The quantitative estimate of drug-likeness (QED) is 0.615. The predicted molar refractivity (Wildman–Crippen MR) is 77.2 cm³/mol. The van der Waals surface area contributed by atoms with Crippen molar-refractivity contribution in [1.29, 1.82) is 0 Å². The largest absolute Gasteiger partial charge is 0.317 e. The number of halogens is 1. The van der Waals surface area contributed by atoms with Crippen LogP contribution in [0.4, 0.5) is 0 Å². The van der Waals surface area contributed by atoms with Gasteiger partial charge in [-0.1, -0.05) is 23.7 Å². The van der Waals surface area contributed by atoms with Gasteiger partial charge in [-0.3, -0.25) is 9.69 Å². The average Bonchev–Trinajstić information content (AvgIpc) is 2.56. The summed E-state index contributed by atoms with van der Waals surface area (Å²) in [6, 6.07) is 7.33. The van der Waals surface area contributed by atoms with Crippen LogP contribution >= 0.6 is 23.8 Å². The van der Waals surface area contributed by atoms with Crippen molar-refractivity contribution in [3.05, 3.63) is 40.5 Å². The molecule has 1 aromatic carbocycles. The van der Waals surface area contributed by atoms with Gasteiger partial charge in [0.25, 0.3) is 5.91 Å². The van der Waals surface area contributed by atoms with Crippen molar-refractivity contribution in [2.45, 2.75) is 6.92 Å². The van der Waals surface area contributed by atoms with Crippen molar-refractivity contribution in [3.8, 4) is 0 Å². The van der Waals surface area contributed by atoms with Crippen LogP contribution in [0.25, 0.3) is 6.08 Å². The molecule has 18 heavy (non-hydrogen) atoms. The molecule has 0 saturated carbocycles. The summed E-state index contributed by atoms with van der Waals surface area (Å²) in [6.07, 6.45) is 1.82. The molecule has 0 unspecified atom stereocenters. The van der Waals surface area contributed by atoms with Crippen LogP contribution in [0.3, 0.4) is 0 Å². The number of nitrogens with zero attached hydrogens (tertiary/aromatic N) is 2. The maximum atomic E-state index is 12.1. The third-order valence-electron chi connectivity index (χ3n) is 2.83. The molecule has 1 aliphatic rings. The van der Waals surface area contributed by atoms with Crippen LogP contribution in [0.2, 0.25) is 5.02 Å². The smallest absolute Gasteiger partial charge is 0.276 e. The van der Waals surface area contributed by atoms with Crippen LogP contribution in [-0.4, -0.2) is 34.4 Å². The van der Waals surface area contributed by atoms with E-state index in [0.29, 0.717) is 22.4 Å². The highest BCUT2D eigenvalue weighted by Gasteiger charge is 2.34. The number of hydrogen-bond acceptors (Lipinski definition) is 2. The molecule has 1 heterocycles. The highest BCUT2D eigenvalue weighted by Crippen LogP contribution is 2.22. The van der Waals surface area contributed by atoms with Gasteiger partial charge in [0.1, 0.15) is 5.70 Å². The molecule has 3 nitrogen and oxygen atoms in total. The summed E-state index contributed by atoms with van der Waals surface area (Å²) in [6.45, 7) is 2.49. The molecule has 1 aliphatic heterocycles. The van der Waals surface area contributed by atoms with E-state index in [0.717, 1.165) is 5.56 Å². The molecule has 0 radical (unpaired) electrons. The van der Waals surface area contributed by atoms with Gasteiger partial charge in [-0.2, -0.15) is 0 Å². The highest BCUT2D eigenvalue weighted by atomic mass is 35.5. The van der Waals surface area contributed by atoms with E-state index in [1.54, 1.807) is 29.0 Å². The van der Waals surface area contributed by atoms with Crippen LogP contribution < -0.4 is 0 Å². The summed E-state index contributed by atoms with van der Waals surface area (Å²) < 4.78 is 0. The lowest BCUT2D eigenvalue weighted by Crippen LogP contribution is -2.30. The van der Waals surface area contributed by atoms with Crippen molar-refractivity contribution in [3.63, 3.8) is 0 Å². The number of benzene rings is 1. The van der Waals surface area contributed by atoms with Crippen molar-refractivity contribution < 1.29 is 4.79 Å². The summed E-state index contributed by atoms with van der Waals surface area (Å²) in [4.78, 5) is 15.4. The molecule has 2 rings (SSSR count). The molecule has 0 spiro atoms. The number of carbonyl (C=O) groups excluding carboxylic acids is 1. The number of hydrogen-bond donors (Lipinski definition) is 0. The van der Waals surface area contributed by atoms with Gasteiger partial charge in [-0.15, -0.1) is 0 Å². The third kappa shape index (κ3) is 2.26. The van der Waals surface area contributed by atoms with Crippen LogP contribution in [0.5, 0.6) is 0 Å². The Hall–Kier alpha value is -1.39. The topological polar surface area (TPSA) is 23.6 Å². The minimum atomic E-state index is -0.0556.